The number of methoxy groups -OCH3 is 2. The van der Waals surface area contributed by atoms with Gasteiger partial charge in [0, 0.05) is 10.0 Å². The largest absolute Gasteiger partial charge is 0.493 e. The van der Waals surface area contributed by atoms with Crippen molar-refractivity contribution in [2.45, 2.75) is 6.10 Å². The van der Waals surface area contributed by atoms with Gasteiger partial charge in [0.2, 0.25) is 0 Å². The summed E-state index contributed by atoms with van der Waals surface area (Å²) in [4.78, 5) is 0. The SMILES string of the molecule is COc1ccc(C(O)c2cc(F)ccc2Br)cc1OC. The number of hydrogen-bond donors (Lipinski definition) is 1. The van der Waals surface area contributed by atoms with Crippen LogP contribution in [0.2, 0.25) is 0 Å². The third-order valence-electron chi connectivity index (χ3n) is 2.98. The van der Waals surface area contributed by atoms with E-state index in [4.69, 9.17) is 9.47 Å². The molecule has 1 unspecified atom stereocenters. The second-order valence-electron chi connectivity index (χ2n) is 4.18. The van der Waals surface area contributed by atoms with Gasteiger partial charge in [0.15, 0.2) is 11.5 Å². The first-order valence-corrected chi connectivity index (χ1v) is 6.71. The Bertz CT molecular complexity index is 616. The first-order valence-electron chi connectivity index (χ1n) is 5.91. The third-order valence-corrected chi connectivity index (χ3v) is 3.70. The standard InChI is InChI=1S/C15H14BrFO3/c1-19-13-6-3-9(7-14(13)20-2)15(18)11-8-10(17)4-5-12(11)16/h3-8,15,18H,1-2H3. The zero-order valence-corrected chi connectivity index (χ0v) is 12.6. The topological polar surface area (TPSA) is 38.7 Å². The summed E-state index contributed by atoms with van der Waals surface area (Å²) in [7, 11) is 3.06. The van der Waals surface area contributed by atoms with Crippen molar-refractivity contribution in [1.29, 1.82) is 0 Å². The van der Waals surface area contributed by atoms with Crippen LogP contribution >= 0.6 is 15.9 Å². The molecule has 0 aliphatic carbocycles. The van der Waals surface area contributed by atoms with Crippen LogP contribution in [0, 0.1) is 5.82 Å². The molecule has 0 aromatic heterocycles. The second-order valence-corrected chi connectivity index (χ2v) is 5.04. The molecule has 2 rings (SSSR count). The second kappa shape index (κ2) is 6.24. The van der Waals surface area contributed by atoms with E-state index in [1.54, 1.807) is 24.3 Å². The maximum Gasteiger partial charge on any atom is 0.161 e. The van der Waals surface area contributed by atoms with Crippen LogP contribution in [-0.2, 0) is 0 Å². The average molecular weight is 341 g/mol. The summed E-state index contributed by atoms with van der Waals surface area (Å²) < 4.78 is 24.3. The van der Waals surface area contributed by atoms with E-state index in [-0.39, 0.29) is 0 Å². The number of ether oxygens (including phenoxy) is 2. The first-order chi connectivity index (χ1) is 9.56. The highest BCUT2D eigenvalue weighted by Gasteiger charge is 2.16. The molecule has 2 aromatic carbocycles. The van der Waals surface area contributed by atoms with E-state index in [1.807, 2.05) is 0 Å². The van der Waals surface area contributed by atoms with Crippen molar-refractivity contribution in [3.05, 3.63) is 57.8 Å². The number of halogens is 2. The monoisotopic (exact) mass is 340 g/mol. The van der Waals surface area contributed by atoms with E-state index >= 15 is 0 Å². The van der Waals surface area contributed by atoms with E-state index in [1.165, 1.54) is 26.4 Å². The molecule has 0 heterocycles. The molecule has 0 aliphatic rings. The number of benzene rings is 2. The summed E-state index contributed by atoms with van der Waals surface area (Å²) in [6.07, 6.45) is -0.958. The lowest BCUT2D eigenvalue weighted by Gasteiger charge is -2.16. The Kier molecular flexibility index (Phi) is 4.62. The summed E-state index contributed by atoms with van der Waals surface area (Å²) >= 11 is 3.31. The van der Waals surface area contributed by atoms with Crippen LogP contribution < -0.4 is 9.47 Å². The van der Waals surface area contributed by atoms with Crippen molar-refractivity contribution < 1.29 is 19.0 Å². The molecule has 0 fully saturated rings. The quantitative estimate of drug-likeness (QED) is 0.922. The van der Waals surface area contributed by atoms with Crippen molar-refractivity contribution in [2.75, 3.05) is 14.2 Å². The maximum absolute atomic E-state index is 13.3. The highest BCUT2D eigenvalue weighted by Crippen LogP contribution is 2.34. The lowest BCUT2D eigenvalue weighted by Crippen LogP contribution is -2.02. The molecule has 5 heteroatoms. The van der Waals surface area contributed by atoms with E-state index < -0.39 is 11.9 Å². The van der Waals surface area contributed by atoms with E-state index in [0.717, 1.165) is 0 Å². The van der Waals surface area contributed by atoms with Gasteiger partial charge in [0.1, 0.15) is 11.9 Å². The molecule has 3 nitrogen and oxygen atoms in total. The summed E-state index contributed by atoms with van der Waals surface area (Å²) in [6, 6.07) is 9.27. The van der Waals surface area contributed by atoms with Crippen LogP contribution in [0.4, 0.5) is 4.39 Å². The van der Waals surface area contributed by atoms with Crippen LogP contribution in [0.3, 0.4) is 0 Å². The molecule has 0 saturated heterocycles. The number of aliphatic hydroxyl groups excluding tert-OH is 1. The molecule has 1 N–H and O–H groups in total. The summed E-state index contributed by atoms with van der Waals surface area (Å²) in [5, 5.41) is 10.4. The van der Waals surface area contributed by atoms with Crippen LogP contribution in [0.1, 0.15) is 17.2 Å². The molecular formula is C15H14BrFO3. The van der Waals surface area contributed by atoms with E-state index in [9.17, 15) is 9.50 Å². The third kappa shape index (κ3) is 2.94. The Morgan fingerprint density at radius 2 is 1.75 bits per heavy atom. The Hall–Kier alpha value is -1.59. The fourth-order valence-electron chi connectivity index (χ4n) is 1.93. The zero-order valence-electron chi connectivity index (χ0n) is 11.1. The van der Waals surface area contributed by atoms with Crippen LogP contribution in [0.15, 0.2) is 40.9 Å². The van der Waals surface area contributed by atoms with Crippen molar-refractivity contribution in [1.82, 2.24) is 0 Å². The first kappa shape index (κ1) is 14.8. The van der Waals surface area contributed by atoms with Gasteiger partial charge in [-0.2, -0.15) is 0 Å². The summed E-state index contributed by atoms with van der Waals surface area (Å²) in [5.41, 5.74) is 1.05. The van der Waals surface area contributed by atoms with Gasteiger partial charge >= 0.3 is 0 Å². The molecule has 0 spiro atoms. The molecule has 20 heavy (non-hydrogen) atoms. The van der Waals surface area contributed by atoms with Gasteiger partial charge in [-0.15, -0.1) is 0 Å². The zero-order chi connectivity index (χ0) is 14.7. The van der Waals surface area contributed by atoms with Gasteiger partial charge in [-0.05, 0) is 35.9 Å². The molecule has 1 atom stereocenters. The van der Waals surface area contributed by atoms with Gasteiger partial charge in [-0.3, -0.25) is 0 Å². The molecule has 0 amide bonds. The minimum Gasteiger partial charge on any atom is -0.493 e. The Morgan fingerprint density at radius 3 is 2.40 bits per heavy atom. The van der Waals surface area contributed by atoms with Crippen molar-refractivity contribution in [2.24, 2.45) is 0 Å². The lowest BCUT2D eigenvalue weighted by atomic mass is 10.0. The van der Waals surface area contributed by atoms with Gasteiger partial charge in [0.25, 0.3) is 0 Å². The van der Waals surface area contributed by atoms with Crippen LogP contribution in [0.25, 0.3) is 0 Å². The normalized spacial score (nSPS) is 12.1. The van der Waals surface area contributed by atoms with Crippen molar-refractivity contribution in [3.63, 3.8) is 0 Å². The molecule has 106 valence electrons. The minimum atomic E-state index is -0.958. The predicted molar refractivity (Wildman–Crippen MR) is 77.7 cm³/mol. The number of rotatable bonds is 4. The Morgan fingerprint density at radius 1 is 1.05 bits per heavy atom. The minimum absolute atomic E-state index is 0.400. The Balaban J connectivity index is 2.42. The van der Waals surface area contributed by atoms with Crippen molar-refractivity contribution >= 4 is 15.9 Å². The molecule has 0 saturated carbocycles. The van der Waals surface area contributed by atoms with Gasteiger partial charge in [-0.1, -0.05) is 22.0 Å². The number of aliphatic hydroxyl groups is 1. The summed E-state index contributed by atoms with van der Waals surface area (Å²) in [6.45, 7) is 0. The van der Waals surface area contributed by atoms with Gasteiger partial charge < -0.3 is 14.6 Å². The maximum atomic E-state index is 13.3. The smallest absolute Gasteiger partial charge is 0.161 e. The average Bonchev–Trinajstić information content (AvgIpc) is 2.48. The van der Waals surface area contributed by atoms with Gasteiger partial charge in [0.05, 0.1) is 14.2 Å². The molecule has 0 bridgehead atoms. The number of hydrogen-bond acceptors (Lipinski definition) is 3. The highest BCUT2D eigenvalue weighted by atomic mass is 79.9. The fraction of sp³-hybridized carbons (Fsp3) is 0.200. The lowest BCUT2D eigenvalue weighted by molar-refractivity contribution is 0.218. The summed E-state index contributed by atoms with van der Waals surface area (Å²) in [5.74, 6) is 0.682. The van der Waals surface area contributed by atoms with Crippen LogP contribution in [-0.4, -0.2) is 19.3 Å². The predicted octanol–water partition coefficient (Wildman–Crippen LogP) is 3.69. The molecular weight excluding hydrogens is 327 g/mol. The Labute approximate surface area is 125 Å². The van der Waals surface area contributed by atoms with Gasteiger partial charge in [-0.25, -0.2) is 4.39 Å². The van der Waals surface area contributed by atoms with Crippen molar-refractivity contribution in [3.8, 4) is 11.5 Å². The highest BCUT2D eigenvalue weighted by molar-refractivity contribution is 9.10. The molecule has 2 aromatic rings. The van der Waals surface area contributed by atoms with E-state index in [2.05, 4.69) is 15.9 Å². The molecule has 0 radical (unpaired) electrons. The van der Waals surface area contributed by atoms with Crippen LogP contribution in [0.5, 0.6) is 11.5 Å². The molecule has 0 aliphatic heterocycles. The fourth-order valence-corrected chi connectivity index (χ4v) is 2.39. The van der Waals surface area contributed by atoms with E-state index in [0.29, 0.717) is 27.1 Å².